The molecular formula is C15H24O. The van der Waals surface area contributed by atoms with E-state index < -0.39 is 0 Å². The lowest BCUT2D eigenvalue weighted by molar-refractivity contribution is 0.0455. The molecule has 16 heavy (non-hydrogen) atoms. The Labute approximate surface area is 99.5 Å². The van der Waals surface area contributed by atoms with Gasteiger partial charge in [-0.05, 0) is 49.3 Å². The molecule has 0 aliphatic heterocycles. The standard InChI is InChI=1S/C15H24O/c1-7-15(5,6)14(16)13-11(3)8-10(2)9-12(13)4/h8-9,14,16H,7H2,1-6H3. The molecular weight excluding hydrogens is 196 g/mol. The first-order valence-corrected chi connectivity index (χ1v) is 6.05. The maximum absolute atomic E-state index is 10.5. The van der Waals surface area contributed by atoms with Crippen molar-refractivity contribution in [3.8, 4) is 0 Å². The predicted octanol–water partition coefficient (Wildman–Crippen LogP) is 4.08. The van der Waals surface area contributed by atoms with Gasteiger partial charge in [0.25, 0.3) is 0 Å². The normalized spacial score (nSPS) is 13.9. The number of hydrogen-bond acceptors (Lipinski definition) is 1. The maximum atomic E-state index is 10.5. The quantitative estimate of drug-likeness (QED) is 0.813. The summed E-state index contributed by atoms with van der Waals surface area (Å²) in [5, 5.41) is 10.5. The highest BCUT2D eigenvalue weighted by Crippen LogP contribution is 2.39. The monoisotopic (exact) mass is 220 g/mol. The molecule has 0 aliphatic carbocycles. The summed E-state index contributed by atoms with van der Waals surface area (Å²) < 4.78 is 0. The zero-order valence-electron chi connectivity index (χ0n) is 11.4. The van der Waals surface area contributed by atoms with E-state index in [4.69, 9.17) is 0 Å². The summed E-state index contributed by atoms with van der Waals surface area (Å²) in [4.78, 5) is 0. The van der Waals surface area contributed by atoms with Crippen molar-refractivity contribution in [2.75, 3.05) is 0 Å². The van der Waals surface area contributed by atoms with Crippen molar-refractivity contribution < 1.29 is 5.11 Å². The molecule has 0 fully saturated rings. The number of hydrogen-bond donors (Lipinski definition) is 1. The van der Waals surface area contributed by atoms with Crippen LogP contribution in [0.25, 0.3) is 0 Å². The summed E-state index contributed by atoms with van der Waals surface area (Å²) in [5.74, 6) is 0. The highest BCUT2D eigenvalue weighted by molar-refractivity contribution is 5.39. The van der Waals surface area contributed by atoms with E-state index in [2.05, 4.69) is 53.7 Å². The summed E-state index contributed by atoms with van der Waals surface area (Å²) in [6, 6.07) is 4.30. The minimum absolute atomic E-state index is 0.0647. The largest absolute Gasteiger partial charge is 0.388 e. The average Bonchev–Trinajstić information content (AvgIpc) is 2.15. The Kier molecular flexibility index (Phi) is 3.80. The van der Waals surface area contributed by atoms with Crippen molar-refractivity contribution in [3.05, 3.63) is 34.4 Å². The number of aliphatic hydroxyl groups is 1. The Morgan fingerprint density at radius 3 is 1.94 bits per heavy atom. The molecule has 0 spiro atoms. The van der Waals surface area contributed by atoms with Crippen LogP contribution in [0.5, 0.6) is 0 Å². The van der Waals surface area contributed by atoms with Crippen molar-refractivity contribution in [3.63, 3.8) is 0 Å². The highest BCUT2D eigenvalue weighted by atomic mass is 16.3. The van der Waals surface area contributed by atoms with E-state index in [9.17, 15) is 5.11 Å². The van der Waals surface area contributed by atoms with Crippen LogP contribution in [0.4, 0.5) is 0 Å². The lowest BCUT2D eigenvalue weighted by Gasteiger charge is -2.31. The first-order chi connectivity index (χ1) is 7.29. The third-order valence-corrected chi connectivity index (χ3v) is 3.66. The van der Waals surface area contributed by atoms with Crippen LogP contribution in [0.15, 0.2) is 12.1 Å². The van der Waals surface area contributed by atoms with Gasteiger partial charge in [0.2, 0.25) is 0 Å². The average molecular weight is 220 g/mol. The third kappa shape index (κ3) is 2.46. The lowest BCUT2D eigenvalue weighted by atomic mass is 9.77. The fourth-order valence-electron chi connectivity index (χ4n) is 2.21. The molecule has 0 saturated carbocycles. The molecule has 1 nitrogen and oxygen atoms in total. The van der Waals surface area contributed by atoms with E-state index in [1.54, 1.807) is 0 Å². The molecule has 1 aromatic carbocycles. The van der Waals surface area contributed by atoms with Crippen LogP contribution in [0.2, 0.25) is 0 Å². The molecule has 0 radical (unpaired) electrons. The van der Waals surface area contributed by atoms with Gasteiger partial charge < -0.3 is 5.11 Å². The van der Waals surface area contributed by atoms with E-state index in [-0.39, 0.29) is 11.5 Å². The summed E-state index contributed by atoms with van der Waals surface area (Å²) in [6.07, 6.45) is 0.596. The van der Waals surface area contributed by atoms with E-state index in [1.165, 1.54) is 16.7 Å². The summed E-state index contributed by atoms with van der Waals surface area (Å²) in [7, 11) is 0. The van der Waals surface area contributed by atoms with Crippen LogP contribution in [0.1, 0.15) is 55.5 Å². The van der Waals surface area contributed by atoms with Gasteiger partial charge in [0.05, 0.1) is 6.10 Å². The molecule has 90 valence electrons. The Balaban J connectivity index is 3.24. The van der Waals surface area contributed by atoms with Crippen LogP contribution in [-0.2, 0) is 0 Å². The fraction of sp³-hybridized carbons (Fsp3) is 0.600. The van der Waals surface area contributed by atoms with Crippen molar-refractivity contribution >= 4 is 0 Å². The van der Waals surface area contributed by atoms with E-state index >= 15 is 0 Å². The predicted molar refractivity (Wildman–Crippen MR) is 69.7 cm³/mol. The summed E-state index contributed by atoms with van der Waals surface area (Å²) in [5.41, 5.74) is 4.71. The molecule has 0 aliphatic rings. The molecule has 0 bridgehead atoms. The molecule has 0 aromatic heterocycles. The van der Waals surface area contributed by atoms with Gasteiger partial charge in [-0.1, -0.05) is 38.5 Å². The number of aliphatic hydroxyl groups excluding tert-OH is 1. The van der Waals surface area contributed by atoms with Crippen LogP contribution >= 0.6 is 0 Å². The van der Waals surface area contributed by atoms with Crippen molar-refractivity contribution in [2.45, 2.75) is 54.1 Å². The van der Waals surface area contributed by atoms with Gasteiger partial charge in [-0.2, -0.15) is 0 Å². The first kappa shape index (κ1) is 13.2. The van der Waals surface area contributed by atoms with Crippen LogP contribution < -0.4 is 0 Å². The van der Waals surface area contributed by atoms with Gasteiger partial charge >= 0.3 is 0 Å². The minimum atomic E-state index is -0.377. The van der Waals surface area contributed by atoms with Gasteiger partial charge in [0, 0.05) is 0 Å². The van der Waals surface area contributed by atoms with Crippen LogP contribution in [0, 0.1) is 26.2 Å². The maximum Gasteiger partial charge on any atom is 0.0845 e. The lowest BCUT2D eigenvalue weighted by Crippen LogP contribution is -2.22. The third-order valence-electron chi connectivity index (χ3n) is 3.66. The second-order valence-corrected chi connectivity index (χ2v) is 5.56. The molecule has 1 rings (SSSR count). The SMILES string of the molecule is CCC(C)(C)C(O)c1c(C)cc(C)cc1C. The molecule has 1 aromatic rings. The van der Waals surface area contributed by atoms with Crippen molar-refractivity contribution in [1.82, 2.24) is 0 Å². The smallest absolute Gasteiger partial charge is 0.0845 e. The second kappa shape index (κ2) is 4.58. The first-order valence-electron chi connectivity index (χ1n) is 6.05. The Morgan fingerprint density at radius 2 is 1.56 bits per heavy atom. The number of rotatable bonds is 3. The Hall–Kier alpha value is -0.820. The van der Waals surface area contributed by atoms with Crippen molar-refractivity contribution in [1.29, 1.82) is 0 Å². The zero-order valence-corrected chi connectivity index (χ0v) is 11.4. The number of aryl methyl sites for hydroxylation is 3. The van der Waals surface area contributed by atoms with Crippen molar-refractivity contribution in [2.24, 2.45) is 5.41 Å². The van der Waals surface area contributed by atoms with Crippen LogP contribution in [0.3, 0.4) is 0 Å². The fourth-order valence-corrected chi connectivity index (χ4v) is 2.21. The molecule has 0 saturated heterocycles. The van der Waals surface area contributed by atoms with Gasteiger partial charge in [0.15, 0.2) is 0 Å². The topological polar surface area (TPSA) is 20.2 Å². The van der Waals surface area contributed by atoms with Gasteiger partial charge in [0.1, 0.15) is 0 Å². The zero-order chi connectivity index (χ0) is 12.5. The Morgan fingerprint density at radius 1 is 1.12 bits per heavy atom. The van der Waals surface area contributed by atoms with E-state index in [0.717, 1.165) is 12.0 Å². The van der Waals surface area contributed by atoms with E-state index in [0.29, 0.717) is 0 Å². The van der Waals surface area contributed by atoms with Gasteiger partial charge in [-0.3, -0.25) is 0 Å². The van der Waals surface area contributed by atoms with Crippen LogP contribution in [-0.4, -0.2) is 5.11 Å². The van der Waals surface area contributed by atoms with Gasteiger partial charge in [-0.15, -0.1) is 0 Å². The Bertz CT molecular complexity index is 354. The number of benzene rings is 1. The highest BCUT2D eigenvalue weighted by Gasteiger charge is 2.29. The molecule has 1 unspecified atom stereocenters. The van der Waals surface area contributed by atoms with E-state index in [1.807, 2.05) is 0 Å². The second-order valence-electron chi connectivity index (χ2n) is 5.56. The molecule has 1 atom stereocenters. The molecule has 0 amide bonds. The minimum Gasteiger partial charge on any atom is -0.388 e. The molecule has 1 N–H and O–H groups in total. The molecule has 0 heterocycles. The summed E-state index contributed by atoms with van der Waals surface area (Å²) >= 11 is 0. The summed E-state index contributed by atoms with van der Waals surface area (Å²) in [6.45, 7) is 12.6. The van der Waals surface area contributed by atoms with Gasteiger partial charge in [-0.25, -0.2) is 0 Å². The molecule has 1 heteroatoms.